The average molecular weight is 326 g/mol. The number of nitrogens with zero attached hydrogens (tertiary/aromatic N) is 1. The van der Waals surface area contributed by atoms with E-state index in [2.05, 4.69) is 27.8 Å². The van der Waals surface area contributed by atoms with Crippen LogP contribution >= 0.6 is 15.9 Å². The lowest BCUT2D eigenvalue weighted by Crippen LogP contribution is -2.34. The molecule has 0 bridgehead atoms. The van der Waals surface area contributed by atoms with Gasteiger partial charge >= 0.3 is 5.97 Å². The molecule has 0 amide bonds. The van der Waals surface area contributed by atoms with Gasteiger partial charge in [0.05, 0.1) is 12.7 Å². The number of halogens is 1. The highest BCUT2D eigenvalue weighted by molar-refractivity contribution is 9.10. The Balaban J connectivity index is 2.21. The third kappa shape index (κ3) is 3.57. The summed E-state index contributed by atoms with van der Waals surface area (Å²) >= 11 is 3.55. The topological polar surface area (TPSA) is 29.5 Å². The van der Waals surface area contributed by atoms with Crippen LogP contribution in [0.2, 0.25) is 0 Å². The van der Waals surface area contributed by atoms with E-state index in [1.54, 1.807) is 0 Å². The molecule has 1 aromatic rings. The number of benzene rings is 1. The fourth-order valence-corrected chi connectivity index (χ4v) is 3.17. The lowest BCUT2D eigenvalue weighted by atomic mass is 9.99. The molecule has 1 saturated heterocycles. The predicted octanol–water partition coefficient (Wildman–Crippen LogP) is 3.47. The van der Waals surface area contributed by atoms with E-state index in [1.165, 1.54) is 20.0 Å². The second kappa shape index (κ2) is 6.53. The van der Waals surface area contributed by atoms with E-state index >= 15 is 0 Å². The van der Waals surface area contributed by atoms with Crippen molar-refractivity contribution < 1.29 is 9.53 Å². The Hall–Kier alpha value is -0.870. The Bertz CT molecular complexity index is 461. The largest absolute Gasteiger partial charge is 0.465 e. The Morgan fingerprint density at radius 3 is 3.00 bits per heavy atom. The summed E-state index contributed by atoms with van der Waals surface area (Å²) in [6.07, 6.45) is 2.54. The Kier molecular flexibility index (Phi) is 4.99. The van der Waals surface area contributed by atoms with Crippen molar-refractivity contribution >= 4 is 21.9 Å². The lowest BCUT2D eigenvalue weighted by molar-refractivity contribution is 0.0597. The molecule has 0 radical (unpaired) electrons. The standard InChI is InChI=1S/C15H20BrNO2/c1-11-5-4-8-17(9-11)10-13-12(15(18)19-2)6-3-7-14(13)16/h3,6-7,11H,4-5,8-10H2,1-2H3. The van der Waals surface area contributed by atoms with E-state index in [0.29, 0.717) is 5.56 Å². The summed E-state index contributed by atoms with van der Waals surface area (Å²) in [5, 5.41) is 0. The summed E-state index contributed by atoms with van der Waals surface area (Å²) in [6, 6.07) is 5.69. The van der Waals surface area contributed by atoms with Gasteiger partial charge in [-0.3, -0.25) is 4.90 Å². The van der Waals surface area contributed by atoms with Crippen LogP contribution in [0.4, 0.5) is 0 Å². The average Bonchev–Trinajstić information content (AvgIpc) is 2.40. The number of piperidine rings is 1. The van der Waals surface area contributed by atoms with Gasteiger partial charge in [-0.15, -0.1) is 0 Å². The molecule has 0 saturated carbocycles. The van der Waals surface area contributed by atoms with Crippen molar-refractivity contribution in [3.8, 4) is 0 Å². The maximum atomic E-state index is 11.8. The molecule has 1 unspecified atom stereocenters. The number of hydrogen-bond donors (Lipinski definition) is 0. The zero-order chi connectivity index (χ0) is 13.8. The first-order valence-electron chi connectivity index (χ1n) is 6.70. The van der Waals surface area contributed by atoms with E-state index < -0.39 is 0 Å². The van der Waals surface area contributed by atoms with Crippen LogP contribution in [-0.4, -0.2) is 31.1 Å². The Labute approximate surface area is 123 Å². The van der Waals surface area contributed by atoms with Crippen molar-refractivity contribution in [3.05, 3.63) is 33.8 Å². The number of hydrogen-bond acceptors (Lipinski definition) is 3. The molecule has 0 spiro atoms. The van der Waals surface area contributed by atoms with Gasteiger partial charge in [-0.25, -0.2) is 4.79 Å². The maximum Gasteiger partial charge on any atom is 0.338 e. The molecule has 19 heavy (non-hydrogen) atoms. The molecular formula is C15H20BrNO2. The number of likely N-dealkylation sites (tertiary alicyclic amines) is 1. The third-order valence-electron chi connectivity index (χ3n) is 3.65. The molecule has 1 aliphatic heterocycles. The van der Waals surface area contributed by atoms with Crippen LogP contribution < -0.4 is 0 Å². The summed E-state index contributed by atoms with van der Waals surface area (Å²) < 4.78 is 5.84. The fraction of sp³-hybridized carbons (Fsp3) is 0.533. The highest BCUT2D eigenvalue weighted by Gasteiger charge is 2.20. The van der Waals surface area contributed by atoms with Crippen LogP contribution in [0.15, 0.2) is 22.7 Å². The van der Waals surface area contributed by atoms with Crippen molar-refractivity contribution in [1.29, 1.82) is 0 Å². The zero-order valence-electron chi connectivity index (χ0n) is 11.5. The van der Waals surface area contributed by atoms with E-state index in [0.717, 1.165) is 35.6 Å². The minimum atomic E-state index is -0.263. The number of ether oxygens (including phenoxy) is 1. The molecule has 1 heterocycles. The zero-order valence-corrected chi connectivity index (χ0v) is 13.1. The minimum Gasteiger partial charge on any atom is -0.465 e. The molecule has 1 aromatic carbocycles. The van der Waals surface area contributed by atoms with Gasteiger partial charge in [0.15, 0.2) is 0 Å². The number of carbonyl (C=O) groups is 1. The van der Waals surface area contributed by atoms with Gasteiger partial charge in [0.1, 0.15) is 0 Å². The van der Waals surface area contributed by atoms with Gasteiger partial charge < -0.3 is 4.74 Å². The minimum absolute atomic E-state index is 0.263. The fourth-order valence-electron chi connectivity index (χ4n) is 2.67. The van der Waals surface area contributed by atoms with E-state index in [4.69, 9.17) is 4.74 Å². The van der Waals surface area contributed by atoms with E-state index in [9.17, 15) is 4.79 Å². The first-order valence-corrected chi connectivity index (χ1v) is 7.49. The number of esters is 1. The molecule has 0 N–H and O–H groups in total. The summed E-state index contributed by atoms with van der Waals surface area (Å²) in [5.41, 5.74) is 1.69. The predicted molar refractivity (Wildman–Crippen MR) is 79.2 cm³/mol. The first kappa shape index (κ1) is 14.5. The molecule has 1 atom stereocenters. The van der Waals surface area contributed by atoms with Crippen molar-refractivity contribution in [3.63, 3.8) is 0 Å². The second-order valence-corrected chi connectivity index (χ2v) is 6.09. The van der Waals surface area contributed by atoms with Gasteiger partial charge in [-0.2, -0.15) is 0 Å². The van der Waals surface area contributed by atoms with Gasteiger partial charge in [0.2, 0.25) is 0 Å². The molecule has 4 heteroatoms. The summed E-state index contributed by atoms with van der Waals surface area (Å²) in [6.45, 7) is 5.29. The molecule has 3 nitrogen and oxygen atoms in total. The van der Waals surface area contributed by atoms with Gasteiger partial charge in [0.25, 0.3) is 0 Å². The van der Waals surface area contributed by atoms with Crippen molar-refractivity contribution in [2.75, 3.05) is 20.2 Å². The smallest absolute Gasteiger partial charge is 0.338 e. The van der Waals surface area contributed by atoms with Gasteiger partial charge in [0, 0.05) is 17.6 Å². The quantitative estimate of drug-likeness (QED) is 0.797. The van der Waals surface area contributed by atoms with Gasteiger partial charge in [-0.1, -0.05) is 28.9 Å². The third-order valence-corrected chi connectivity index (χ3v) is 4.39. The van der Waals surface area contributed by atoms with Crippen LogP contribution in [0, 0.1) is 5.92 Å². The van der Waals surface area contributed by atoms with Crippen LogP contribution in [0.25, 0.3) is 0 Å². The monoisotopic (exact) mass is 325 g/mol. The molecule has 1 fully saturated rings. The van der Waals surface area contributed by atoms with Crippen LogP contribution in [-0.2, 0) is 11.3 Å². The Morgan fingerprint density at radius 2 is 2.32 bits per heavy atom. The summed E-state index contributed by atoms with van der Waals surface area (Å²) in [4.78, 5) is 14.2. The normalized spacial score (nSPS) is 20.3. The molecule has 0 aliphatic carbocycles. The number of carbonyl (C=O) groups excluding carboxylic acids is 1. The summed E-state index contributed by atoms with van der Waals surface area (Å²) in [7, 11) is 1.43. The molecule has 104 valence electrons. The molecule has 2 rings (SSSR count). The van der Waals surface area contributed by atoms with E-state index in [-0.39, 0.29) is 5.97 Å². The molecular weight excluding hydrogens is 306 g/mol. The Morgan fingerprint density at radius 1 is 1.53 bits per heavy atom. The SMILES string of the molecule is COC(=O)c1cccc(Br)c1CN1CCCC(C)C1. The highest BCUT2D eigenvalue weighted by Crippen LogP contribution is 2.25. The van der Waals surface area contributed by atoms with Crippen molar-refractivity contribution in [2.45, 2.75) is 26.3 Å². The first-order chi connectivity index (χ1) is 9.11. The molecule has 1 aliphatic rings. The van der Waals surface area contributed by atoms with E-state index in [1.807, 2.05) is 18.2 Å². The van der Waals surface area contributed by atoms with Crippen molar-refractivity contribution in [1.82, 2.24) is 4.90 Å². The van der Waals surface area contributed by atoms with Gasteiger partial charge in [-0.05, 0) is 43.0 Å². The number of methoxy groups -OCH3 is 1. The van der Waals surface area contributed by atoms with Crippen LogP contribution in [0.3, 0.4) is 0 Å². The summed E-state index contributed by atoms with van der Waals surface area (Å²) in [5.74, 6) is 0.471. The lowest BCUT2D eigenvalue weighted by Gasteiger charge is -2.31. The maximum absolute atomic E-state index is 11.8. The molecule has 0 aromatic heterocycles. The van der Waals surface area contributed by atoms with Crippen LogP contribution in [0.5, 0.6) is 0 Å². The number of rotatable bonds is 3. The van der Waals surface area contributed by atoms with Crippen LogP contribution in [0.1, 0.15) is 35.7 Å². The second-order valence-electron chi connectivity index (χ2n) is 5.24. The van der Waals surface area contributed by atoms with Crippen molar-refractivity contribution in [2.24, 2.45) is 5.92 Å². The highest BCUT2D eigenvalue weighted by atomic mass is 79.9.